The molecule has 1 fully saturated rings. The topological polar surface area (TPSA) is 227 Å². The molecule has 4 N–H and O–H groups in total. The van der Waals surface area contributed by atoms with Crippen LogP contribution >= 0.6 is 0 Å². The Labute approximate surface area is 283 Å². The zero-order chi connectivity index (χ0) is 36.8. The van der Waals surface area contributed by atoms with E-state index in [-0.39, 0.29) is 55.7 Å². The van der Waals surface area contributed by atoms with E-state index in [1.807, 2.05) is 0 Å². The number of aliphatic hydroxyl groups is 1. The predicted molar refractivity (Wildman–Crippen MR) is 186 cm³/mol. The molecule has 1 aliphatic heterocycles. The molecule has 2 amide bonds. The van der Waals surface area contributed by atoms with Crippen LogP contribution < -0.4 is 37.3 Å². The summed E-state index contributed by atoms with van der Waals surface area (Å²) in [6, 6.07) is 5.50. The number of phenolic OH excluding ortho intramolecular Hbond substituents is 2. The Morgan fingerprint density at radius 1 is 0.824 bits per heavy atom. The molecule has 0 bridgehead atoms. The number of methoxy groups -OCH3 is 1. The summed E-state index contributed by atoms with van der Waals surface area (Å²) < 4.78 is 6.49. The molecule has 7 rings (SSSR count). The van der Waals surface area contributed by atoms with Gasteiger partial charge in [0.1, 0.15) is 42.5 Å². The molecule has 1 aromatic heterocycles. The summed E-state index contributed by atoms with van der Waals surface area (Å²) in [7, 11) is 1.19. The lowest BCUT2D eigenvalue weighted by atomic mass is 9.92. The van der Waals surface area contributed by atoms with Gasteiger partial charge in [-0.05, 0) is 38.1 Å². The van der Waals surface area contributed by atoms with E-state index >= 15 is 0 Å². The van der Waals surface area contributed by atoms with Gasteiger partial charge in [-0.15, -0.1) is 0 Å². The lowest BCUT2D eigenvalue weighted by Gasteiger charge is -2.37. The second kappa shape index (κ2) is 11.6. The average Bonchev–Trinajstić information content (AvgIpc) is 3.11. The maximum atomic E-state index is 14.4. The fourth-order valence-electron chi connectivity index (χ4n) is 7.14. The molecule has 1 aliphatic rings. The van der Waals surface area contributed by atoms with Crippen molar-refractivity contribution in [1.29, 1.82) is 0 Å². The van der Waals surface area contributed by atoms with Gasteiger partial charge in [0.25, 0.3) is 5.56 Å². The molecule has 0 saturated carbocycles. The third kappa shape index (κ3) is 4.54. The minimum absolute atomic E-state index is 0.0379. The molecule has 2 atom stereocenters. The Bertz CT molecular complexity index is 2890. The highest BCUT2D eigenvalue weighted by Crippen LogP contribution is 2.43. The van der Waals surface area contributed by atoms with E-state index in [1.165, 1.54) is 57.4 Å². The van der Waals surface area contributed by atoms with Gasteiger partial charge in [-0.2, -0.15) is 0 Å². The molecular formula is C36H27N3O12. The Balaban J connectivity index is 1.52. The minimum atomic E-state index is -1.18. The first-order valence-electron chi connectivity index (χ1n) is 15.6. The number of hydrogen-bond donors (Lipinski definition) is 4. The highest BCUT2D eigenvalue weighted by molar-refractivity contribution is 6.23. The van der Waals surface area contributed by atoms with Crippen LogP contribution in [0.4, 0.5) is 0 Å². The molecule has 5 aromatic carbocycles. The fourth-order valence-corrected chi connectivity index (χ4v) is 7.14. The maximum absolute atomic E-state index is 14.4. The van der Waals surface area contributed by atoms with Crippen molar-refractivity contribution >= 4 is 71.5 Å². The SMILES string of the molecule is COc1c2ccc3c(=O)c4cc(C)n(CC(=O)N5CC(C(=O)CO)NC(=O)C5C)c(=O)c4c(=O)c3c2c(O)c2c(=O)c3cccc(O)c3c(=O)c12. The van der Waals surface area contributed by atoms with E-state index in [0.717, 1.165) is 9.47 Å². The van der Waals surface area contributed by atoms with Gasteiger partial charge in [-0.1, -0.05) is 12.1 Å². The van der Waals surface area contributed by atoms with Crippen molar-refractivity contribution in [3.63, 3.8) is 0 Å². The number of nitrogens with one attached hydrogen (secondary N) is 1. The molecule has 0 spiro atoms. The van der Waals surface area contributed by atoms with Crippen molar-refractivity contribution < 1.29 is 34.4 Å². The number of pyridine rings is 1. The molecule has 0 radical (unpaired) electrons. The lowest BCUT2D eigenvalue weighted by molar-refractivity contribution is -0.147. The largest absolute Gasteiger partial charge is 0.507 e. The van der Waals surface area contributed by atoms with Crippen LogP contribution in [0.3, 0.4) is 0 Å². The number of ether oxygens (including phenoxy) is 1. The third-order valence-electron chi connectivity index (χ3n) is 9.72. The van der Waals surface area contributed by atoms with E-state index in [9.17, 15) is 53.7 Å². The number of carbonyl (C=O) groups is 3. The van der Waals surface area contributed by atoms with E-state index in [2.05, 4.69) is 5.32 Å². The van der Waals surface area contributed by atoms with Crippen molar-refractivity contribution in [3.05, 3.63) is 93.3 Å². The van der Waals surface area contributed by atoms with Gasteiger partial charge in [0.15, 0.2) is 16.6 Å². The number of amides is 2. The van der Waals surface area contributed by atoms with Gasteiger partial charge < -0.3 is 34.8 Å². The number of nitrogens with zero attached hydrogens (tertiary/aromatic N) is 2. The third-order valence-corrected chi connectivity index (χ3v) is 9.72. The van der Waals surface area contributed by atoms with Crippen molar-refractivity contribution in [3.8, 4) is 17.2 Å². The Morgan fingerprint density at radius 2 is 1.49 bits per heavy atom. The first-order chi connectivity index (χ1) is 24.2. The number of carbonyl (C=O) groups excluding carboxylic acids is 3. The van der Waals surface area contributed by atoms with Crippen LogP contribution in [0.5, 0.6) is 17.2 Å². The molecule has 1 saturated heterocycles. The van der Waals surface area contributed by atoms with Crippen LogP contribution in [-0.2, 0) is 20.9 Å². The average molecular weight is 694 g/mol. The molecule has 258 valence electrons. The normalized spacial score (nSPS) is 16.4. The molecule has 2 unspecified atom stereocenters. The Kier molecular flexibility index (Phi) is 7.49. The zero-order valence-electron chi connectivity index (χ0n) is 27.2. The molecule has 15 nitrogen and oxygen atoms in total. The monoisotopic (exact) mass is 693 g/mol. The number of piperazine rings is 1. The van der Waals surface area contributed by atoms with Crippen molar-refractivity contribution in [1.82, 2.24) is 14.8 Å². The lowest BCUT2D eigenvalue weighted by Crippen LogP contribution is -2.63. The Morgan fingerprint density at radius 3 is 2.18 bits per heavy atom. The van der Waals surface area contributed by atoms with E-state index < -0.39 is 97.8 Å². The van der Waals surface area contributed by atoms with Crippen molar-refractivity contribution in [2.75, 3.05) is 20.3 Å². The highest BCUT2D eigenvalue weighted by atomic mass is 16.5. The maximum Gasteiger partial charge on any atom is 0.263 e. The molecule has 0 aliphatic carbocycles. The van der Waals surface area contributed by atoms with Gasteiger partial charge in [0.05, 0.1) is 28.7 Å². The van der Waals surface area contributed by atoms with Crippen molar-refractivity contribution in [2.24, 2.45) is 0 Å². The van der Waals surface area contributed by atoms with Crippen LogP contribution in [0.1, 0.15) is 12.6 Å². The molecule has 2 heterocycles. The van der Waals surface area contributed by atoms with Crippen LogP contribution in [0, 0.1) is 6.92 Å². The standard InChI is InChI=1S/C36H27N3O12/c1-13-9-18-26(36(50)38(13)11-22(43)39-10-19(21(42)12-40)37-35(49)14(39)2)32(47)24-16(29(18)44)7-8-17-25(24)33(48)27-28(34(17)51-3)31(46)23-15(30(27)45)5-4-6-20(23)41/h4-9,14,19,40-41,48H,10-12H2,1-3H3,(H,37,49). The van der Waals surface area contributed by atoms with Gasteiger partial charge in [0.2, 0.25) is 22.7 Å². The quantitative estimate of drug-likeness (QED) is 0.138. The molecular weight excluding hydrogens is 666 g/mol. The zero-order valence-corrected chi connectivity index (χ0v) is 27.2. The summed E-state index contributed by atoms with van der Waals surface area (Å²) in [5.41, 5.74) is -4.37. The summed E-state index contributed by atoms with van der Waals surface area (Å²) in [6.07, 6.45) is 0. The van der Waals surface area contributed by atoms with E-state index in [1.54, 1.807) is 0 Å². The second-order valence-corrected chi connectivity index (χ2v) is 12.4. The number of aromatic nitrogens is 1. The second-order valence-electron chi connectivity index (χ2n) is 12.4. The smallest absolute Gasteiger partial charge is 0.263 e. The minimum Gasteiger partial charge on any atom is -0.507 e. The number of aliphatic hydroxyl groups excluding tert-OH is 1. The Hall–Kier alpha value is -6.48. The number of aromatic hydroxyl groups is 2. The van der Waals surface area contributed by atoms with Crippen molar-refractivity contribution in [2.45, 2.75) is 32.5 Å². The number of fused-ring (bicyclic) bond motifs is 6. The summed E-state index contributed by atoms with van der Waals surface area (Å²) in [5, 5.41) is 30.6. The number of ketones is 1. The van der Waals surface area contributed by atoms with E-state index in [4.69, 9.17) is 4.74 Å². The number of aryl methyl sites for hydroxylation is 1. The van der Waals surface area contributed by atoms with Crippen LogP contribution in [0.2, 0.25) is 0 Å². The number of hydrogen-bond acceptors (Lipinski definition) is 12. The van der Waals surface area contributed by atoms with Gasteiger partial charge in [-0.3, -0.25) is 38.4 Å². The summed E-state index contributed by atoms with van der Waals surface area (Å²) in [4.78, 5) is 109. The van der Waals surface area contributed by atoms with E-state index in [0.29, 0.717) is 0 Å². The molecule has 51 heavy (non-hydrogen) atoms. The van der Waals surface area contributed by atoms with Gasteiger partial charge in [-0.25, -0.2) is 0 Å². The number of rotatable bonds is 5. The molecule has 6 aromatic rings. The van der Waals surface area contributed by atoms with Gasteiger partial charge in [0, 0.05) is 44.6 Å². The highest BCUT2D eigenvalue weighted by Gasteiger charge is 2.37. The van der Waals surface area contributed by atoms with Crippen LogP contribution in [-0.4, -0.2) is 74.7 Å². The predicted octanol–water partition coefficient (Wildman–Crippen LogP) is -0.0642. The van der Waals surface area contributed by atoms with Crippen LogP contribution in [0.15, 0.2) is 60.4 Å². The van der Waals surface area contributed by atoms with Crippen LogP contribution in [0.25, 0.3) is 53.9 Å². The number of phenols is 2. The van der Waals surface area contributed by atoms with Gasteiger partial charge >= 0.3 is 0 Å². The summed E-state index contributed by atoms with van der Waals surface area (Å²) >= 11 is 0. The number of benzene rings is 5. The number of Topliss-reactive ketones (excluding diaryl/α,β-unsaturated/α-hetero) is 1. The fraction of sp³-hybridized carbons (Fsp3) is 0.222. The first-order valence-corrected chi connectivity index (χ1v) is 15.6. The summed E-state index contributed by atoms with van der Waals surface area (Å²) in [6.45, 7) is 1.02. The molecule has 15 heteroatoms. The summed E-state index contributed by atoms with van der Waals surface area (Å²) in [5.74, 6) is -3.65. The first kappa shape index (κ1) is 33.0.